The highest BCUT2D eigenvalue weighted by Gasteiger charge is 2.61. The van der Waals surface area contributed by atoms with E-state index < -0.39 is 53.2 Å². The molecule has 1 aromatic heterocycles. The molecule has 0 spiro atoms. The van der Waals surface area contributed by atoms with Gasteiger partial charge in [0.05, 0.1) is 17.6 Å². The summed E-state index contributed by atoms with van der Waals surface area (Å²) in [5.41, 5.74) is 0.158. The Morgan fingerprint density at radius 1 is 1.04 bits per heavy atom. The minimum absolute atomic E-state index is 0.00553. The number of benzene rings is 2. The van der Waals surface area contributed by atoms with Crippen LogP contribution in [0.4, 0.5) is 10.6 Å². The van der Waals surface area contributed by atoms with Gasteiger partial charge in [0.1, 0.15) is 29.3 Å². The molecule has 6 rings (SSSR count). The number of allylic oxidation sites excluding steroid dienone is 1. The Bertz CT molecular complexity index is 1850. The van der Waals surface area contributed by atoms with E-state index in [4.69, 9.17) is 19.4 Å². The van der Waals surface area contributed by atoms with Crippen molar-refractivity contribution in [1.29, 1.82) is 0 Å². The normalized spacial score (nSPS) is 25.5. The first-order valence-electron chi connectivity index (χ1n) is 18.6. The van der Waals surface area contributed by atoms with Gasteiger partial charge >= 0.3 is 12.1 Å². The second kappa shape index (κ2) is 15.8. The molecule has 5 atom stereocenters. The Hall–Kier alpha value is -5.20. The molecule has 3 aliphatic rings. The van der Waals surface area contributed by atoms with Crippen LogP contribution in [-0.4, -0.2) is 86.3 Å². The SMILES string of the molecule is CCN(Cc1ccccc1)c1nc2ccccc2nc1O[C@@H]1C[C@H]2C(=O)N[C@]3(C(=O)O)C[C@@H]3/C=C\CCCCC[C@H](NC(=O)OC(C)(C)C)C(=O)N2C1. The highest BCUT2D eigenvalue weighted by Crippen LogP contribution is 2.45. The van der Waals surface area contributed by atoms with E-state index >= 15 is 0 Å². The molecule has 13 nitrogen and oxygen atoms in total. The first kappa shape index (κ1) is 37.6. The molecule has 13 heteroatoms. The lowest BCUT2D eigenvalue weighted by atomic mass is 10.0. The summed E-state index contributed by atoms with van der Waals surface area (Å²) in [7, 11) is 0. The second-order valence-corrected chi connectivity index (χ2v) is 15.2. The third-order valence-electron chi connectivity index (χ3n) is 10.0. The third kappa shape index (κ3) is 8.89. The summed E-state index contributed by atoms with van der Waals surface area (Å²) >= 11 is 0. The van der Waals surface area contributed by atoms with Crippen molar-refractivity contribution >= 4 is 40.7 Å². The van der Waals surface area contributed by atoms with Crippen molar-refractivity contribution in [2.45, 2.75) is 109 Å². The van der Waals surface area contributed by atoms with E-state index in [0.29, 0.717) is 42.8 Å². The Morgan fingerprint density at radius 3 is 2.45 bits per heavy atom. The fourth-order valence-electron chi connectivity index (χ4n) is 7.15. The van der Waals surface area contributed by atoms with Gasteiger partial charge in [-0.3, -0.25) is 9.59 Å². The number of hydrogen-bond donors (Lipinski definition) is 3. The number of fused-ring (bicyclic) bond motifs is 3. The number of amides is 3. The summed E-state index contributed by atoms with van der Waals surface area (Å²) in [6.45, 7) is 8.41. The minimum atomic E-state index is -1.45. The van der Waals surface area contributed by atoms with Crippen molar-refractivity contribution in [2.75, 3.05) is 18.0 Å². The molecule has 2 aromatic carbocycles. The number of alkyl carbamates (subject to hydrolysis) is 1. The topological polar surface area (TPSA) is 163 Å². The van der Waals surface area contributed by atoms with Gasteiger partial charge in [0.15, 0.2) is 5.82 Å². The lowest BCUT2D eigenvalue weighted by Gasteiger charge is -2.30. The molecular formula is C40H50N6O7. The number of carboxylic acids is 1. The van der Waals surface area contributed by atoms with Crippen molar-refractivity contribution in [1.82, 2.24) is 25.5 Å². The Labute approximate surface area is 310 Å². The number of aromatic nitrogens is 2. The van der Waals surface area contributed by atoms with Gasteiger partial charge in [-0.2, -0.15) is 0 Å². The number of carboxylic acid groups (broad SMARTS) is 1. The number of anilines is 1. The van der Waals surface area contributed by atoms with Crippen LogP contribution in [0.25, 0.3) is 11.0 Å². The molecule has 282 valence electrons. The van der Waals surface area contributed by atoms with E-state index in [2.05, 4.69) is 15.5 Å². The summed E-state index contributed by atoms with van der Waals surface area (Å²) < 4.78 is 12.1. The van der Waals surface area contributed by atoms with Crippen molar-refractivity contribution in [2.24, 2.45) is 5.92 Å². The summed E-state index contributed by atoms with van der Waals surface area (Å²) in [6, 6.07) is 15.5. The number of nitrogens with one attached hydrogen (secondary N) is 2. The quantitative estimate of drug-likeness (QED) is 0.257. The number of hydrogen-bond acceptors (Lipinski definition) is 9. The number of aliphatic carboxylic acids is 1. The van der Waals surface area contributed by atoms with E-state index in [1.165, 1.54) is 4.90 Å². The van der Waals surface area contributed by atoms with Gasteiger partial charge in [-0.15, -0.1) is 0 Å². The van der Waals surface area contributed by atoms with Crippen molar-refractivity contribution < 1.29 is 33.8 Å². The van der Waals surface area contributed by atoms with Crippen LogP contribution >= 0.6 is 0 Å². The maximum atomic E-state index is 14.5. The van der Waals surface area contributed by atoms with Crippen molar-refractivity contribution in [3.63, 3.8) is 0 Å². The van der Waals surface area contributed by atoms with Crippen LogP contribution in [0.15, 0.2) is 66.7 Å². The molecule has 2 aliphatic heterocycles. The Kier molecular flexibility index (Phi) is 11.2. The zero-order valence-corrected chi connectivity index (χ0v) is 30.9. The molecule has 1 aliphatic carbocycles. The van der Waals surface area contributed by atoms with Crippen LogP contribution < -0.4 is 20.3 Å². The molecule has 3 N–H and O–H groups in total. The van der Waals surface area contributed by atoms with Gasteiger partial charge in [0.25, 0.3) is 5.88 Å². The summed E-state index contributed by atoms with van der Waals surface area (Å²) in [5, 5.41) is 15.8. The molecule has 2 fully saturated rings. The van der Waals surface area contributed by atoms with Crippen LogP contribution in [0.3, 0.4) is 0 Å². The summed E-state index contributed by atoms with van der Waals surface area (Å²) in [5.74, 6) is -1.73. The van der Waals surface area contributed by atoms with Crippen LogP contribution in [0.1, 0.15) is 78.2 Å². The number of carbonyl (C=O) groups excluding carboxylic acids is 3. The zero-order chi connectivity index (χ0) is 37.8. The van der Waals surface area contributed by atoms with Crippen molar-refractivity contribution in [3.8, 4) is 5.88 Å². The van der Waals surface area contributed by atoms with Crippen molar-refractivity contribution in [3.05, 3.63) is 72.3 Å². The Balaban J connectivity index is 1.33. The average molecular weight is 727 g/mol. The number of carbonyl (C=O) groups is 4. The molecule has 0 bridgehead atoms. The molecule has 1 saturated heterocycles. The second-order valence-electron chi connectivity index (χ2n) is 15.2. The fourth-order valence-corrected chi connectivity index (χ4v) is 7.15. The van der Waals surface area contributed by atoms with E-state index in [-0.39, 0.29) is 31.2 Å². The molecule has 0 radical (unpaired) electrons. The smallest absolute Gasteiger partial charge is 0.408 e. The molecular weight excluding hydrogens is 676 g/mol. The van der Waals surface area contributed by atoms with Gasteiger partial charge in [-0.1, -0.05) is 67.5 Å². The highest BCUT2D eigenvalue weighted by molar-refractivity contribution is 5.96. The molecule has 0 unspecified atom stereocenters. The lowest BCUT2D eigenvalue weighted by molar-refractivity contribution is -0.145. The first-order chi connectivity index (χ1) is 25.4. The number of ether oxygens (including phenoxy) is 2. The predicted octanol–water partition coefficient (Wildman–Crippen LogP) is 5.38. The molecule has 53 heavy (non-hydrogen) atoms. The Morgan fingerprint density at radius 2 is 1.75 bits per heavy atom. The average Bonchev–Trinajstić information content (AvgIpc) is 3.65. The molecule has 3 amide bonds. The standard InChI is InChI=1S/C40H50N6O7/c1-5-45(24-26-16-10-9-11-17-26)33-35(42-30-20-15-14-19-29(30)41-33)52-28-22-32-34(47)44-40(37(49)50)23-27(40)18-12-7-6-8-13-21-31(36(48)46(32)25-28)43-38(51)53-39(2,3)4/h9-12,14-20,27-28,31-32H,5-8,13,21-25H2,1-4H3,(H,43,51)(H,44,47)(H,49,50)/b18-12-/t27-,28+,31-,32-,40+/m0/s1. The van der Waals surface area contributed by atoms with Gasteiger partial charge in [0.2, 0.25) is 11.8 Å². The van der Waals surface area contributed by atoms with Gasteiger partial charge in [-0.05, 0) is 71.1 Å². The van der Waals surface area contributed by atoms with Crippen LogP contribution in [0.5, 0.6) is 5.88 Å². The van der Waals surface area contributed by atoms with Gasteiger partial charge in [-0.25, -0.2) is 19.6 Å². The molecule has 3 heterocycles. The van der Waals surface area contributed by atoms with Gasteiger partial charge in [0, 0.05) is 25.4 Å². The number of rotatable bonds is 8. The van der Waals surface area contributed by atoms with Gasteiger partial charge < -0.3 is 35.0 Å². The van der Waals surface area contributed by atoms with E-state index in [0.717, 1.165) is 24.8 Å². The summed E-state index contributed by atoms with van der Waals surface area (Å²) in [4.78, 5) is 67.5. The predicted molar refractivity (Wildman–Crippen MR) is 199 cm³/mol. The van der Waals surface area contributed by atoms with E-state index in [1.807, 2.05) is 73.7 Å². The zero-order valence-electron chi connectivity index (χ0n) is 30.9. The van der Waals surface area contributed by atoms with E-state index in [1.54, 1.807) is 20.8 Å². The monoisotopic (exact) mass is 726 g/mol. The largest absolute Gasteiger partial charge is 0.479 e. The van der Waals surface area contributed by atoms with Crippen LogP contribution in [0, 0.1) is 5.92 Å². The maximum Gasteiger partial charge on any atom is 0.408 e. The summed E-state index contributed by atoms with van der Waals surface area (Å²) in [6.07, 6.45) is 6.11. The number of nitrogens with zero attached hydrogens (tertiary/aromatic N) is 4. The maximum absolute atomic E-state index is 14.5. The first-order valence-corrected chi connectivity index (χ1v) is 18.6. The van der Waals surface area contributed by atoms with Crippen LogP contribution in [-0.2, 0) is 25.7 Å². The number of para-hydroxylation sites is 2. The van der Waals surface area contributed by atoms with E-state index in [9.17, 15) is 24.3 Å². The fraction of sp³-hybridized carbons (Fsp3) is 0.500. The highest BCUT2D eigenvalue weighted by atomic mass is 16.6. The molecule has 3 aromatic rings. The lowest BCUT2D eigenvalue weighted by Crippen LogP contribution is -2.56. The van der Waals surface area contributed by atoms with Crippen LogP contribution in [0.2, 0.25) is 0 Å². The minimum Gasteiger partial charge on any atom is -0.479 e. The molecule has 1 saturated carbocycles. The third-order valence-corrected chi connectivity index (χ3v) is 10.0.